The molecule has 0 aromatic carbocycles. The maximum Gasteiger partial charge on any atom is 0.306 e. The molecule has 0 saturated carbocycles. The van der Waals surface area contributed by atoms with E-state index in [-0.39, 0.29) is 43.1 Å². The van der Waals surface area contributed by atoms with E-state index in [2.05, 4.69) is 62.5 Å². The molecule has 0 aliphatic heterocycles. The van der Waals surface area contributed by atoms with E-state index in [0.29, 0.717) is 12.8 Å². The Hall–Kier alpha value is -2.97. The molecular weight excluding hydrogens is 594 g/mol. The summed E-state index contributed by atoms with van der Waals surface area (Å²) in [5, 5.41) is 11.5. The van der Waals surface area contributed by atoms with Crippen LogP contribution in [-0.4, -0.2) is 75.5 Å². The van der Waals surface area contributed by atoms with E-state index >= 15 is 0 Å². The van der Waals surface area contributed by atoms with Crippen LogP contribution in [0.4, 0.5) is 0 Å². The lowest BCUT2D eigenvalue weighted by Gasteiger charge is -2.34. The zero-order valence-corrected chi connectivity index (χ0v) is 30.2. The zero-order valence-electron chi connectivity index (χ0n) is 30.2. The van der Waals surface area contributed by atoms with Crippen molar-refractivity contribution in [2.75, 3.05) is 41.0 Å². The Balaban J connectivity index is 4.57. The number of carbonyl (C=O) groups is 3. The molecule has 8 nitrogen and oxygen atoms in total. The maximum atomic E-state index is 12.6. The van der Waals surface area contributed by atoms with Crippen LogP contribution in [0, 0.1) is 0 Å². The number of quaternary nitrogens is 1. The lowest BCUT2D eigenvalue weighted by atomic mass is 10.1. The van der Waals surface area contributed by atoms with Gasteiger partial charge in [0, 0.05) is 19.3 Å². The SMILES string of the molecule is CC/C=C/C/C=C/C/C=C/C/C=C/C/C=C/CCC(=O)OC(COCCC(C(=O)[O-])[N+](C)(C)C)COC(=O)CCCCCCCCC. The van der Waals surface area contributed by atoms with E-state index in [4.69, 9.17) is 14.2 Å². The predicted molar refractivity (Wildman–Crippen MR) is 189 cm³/mol. The molecule has 0 fully saturated rings. The fourth-order valence-electron chi connectivity index (χ4n) is 4.65. The first-order valence-electron chi connectivity index (χ1n) is 17.8. The quantitative estimate of drug-likeness (QED) is 0.0344. The summed E-state index contributed by atoms with van der Waals surface area (Å²) < 4.78 is 16.9. The maximum absolute atomic E-state index is 12.6. The summed E-state index contributed by atoms with van der Waals surface area (Å²) in [7, 11) is 5.35. The third kappa shape index (κ3) is 28.9. The normalized spacial score (nSPS) is 13.8. The average Bonchev–Trinajstić information content (AvgIpc) is 3.01. The predicted octanol–water partition coefficient (Wildman–Crippen LogP) is 7.35. The Kier molecular flexibility index (Phi) is 28.4. The summed E-state index contributed by atoms with van der Waals surface area (Å²) >= 11 is 0. The van der Waals surface area contributed by atoms with Crippen LogP contribution in [0.3, 0.4) is 0 Å². The van der Waals surface area contributed by atoms with Crippen molar-refractivity contribution in [2.24, 2.45) is 0 Å². The summed E-state index contributed by atoms with van der Waals surface area (Å²) in [5.41, 5.74) is 0. The molecular formula is C39H65NO7. The van der Waals surface area contributed by atoms with Crippen molar-refractivity contribution in [1.82, 2.24) is 0 Å². The second-order valence-corrected chi connectivity index (χ2v) is 12.7. The number of rotatable bonds is 30. The number of esters is 2. The minimum atomic E-state index is -1.14. The fraction of sp³-hybridized carbons (Fsp3) is 0.667. The Morgan fingerprint density at radius 2 is 1.19 bits per heavy atom. The molecule has 0 aliphatic carbocycles. The van der Waals surface area contributed by atoms with Gasteiger partial charge in [0.25, 0.3) is 0 Å². The average molecular weight is 660 g/mol. The van der Waals surface area contributed by atoms with E-state index in [1.807, 2.05) is 12.2 Å². The van der Waals surface area contributed by atoms with Crippen LogP contribution < -0.4 is 5.11 Å². The number of hydrogen-bond acceptors (Lipinski definition) is 7. The van der Waals surface area contributed by atoms with Gasteiger partial charge < -0.3 is 28.6 Å². The first-order valence-corrected chi connectivity index (χ1v) is 17.8. The highest BCUT2D eigenvalue weighted by Crippen LogP contribution is 2.11. The van der Waals surface area contributed by atoms with Gasteiger partial charge in [-0.1, -0.05) is 113 Å². The number of nitrogens with zero attached hydrogens (tertiary/aromatic N) is 1. The summed E-state index contributed by atoms with van der Waals surface area (Å²) in [6.07, 6.45) is 34.2. The van der Waals surface area contributed by atoms with Gasteiger partial charge in [-0.3, -0.25) is 9.59 Å². The molecule has 0 N–H and O–H groups in total. The van der Waals surface area contributed by atoms with Gasteiger partial charge in [-0.25, -0.2) is 0 Å². The lowest BCUT2D eigenvalue weighted by Crippen LogP contribution is -2.55. The number of carbonyl (C=O) groups excluding carboxylic acids is 3. The highest BCUT2D eigenvalue weighted by Gasteiger charge is 2.25. The second-order valence-electron chi connectivity index (χ2n) is 12.7. The van der Waals surface area contributed by atoms with E-state index < -0.39 is 24.1 Å². The van der Waals surface area contributed by atoms with Gasteiger partial charge in [0.1, 0.15) is 12.6 Å². The summed E-state index contributed by atoms with van der Waals surface area (Å²) in [4.78, 5) is 36.4. The molecule has 2 unspecified atom stereocenters. The van der Waals surface area contributed by atoms with Crippen molar-refractivity contribution in [3.05, 3.63) is 60.8 Å². The molecule has 268 valence electrons. The molecule has 47 heavy (non-hydrogen) atoms. The molecule has 8 heteroatoms. The van der Waals surface area contributed by atoms with Gasteiger partial charge in [0.2, 0.25) is 0 Å². The van der Waals surface area contributed by atoms with Gasteiger partial charge in [0.15, 0.2) is 6.10 Å². The molecule has 0 rings (SSSR count). The Morgan fingerprint density at radius 1 is 0.660 bits per heavy atom. The molecule has 0 spiro atoms. The number of allylic oxidation sites excluding steroid dienone is 10. The van der Waals surface area contributed by atoms with Crippen molar-refractivity contribution in [3.8, 4) is 0 Å². The second kappa shape index (κ2) is 30.4. The molecule has 0 amide bonds. The standard InChI is InChI=1S/C39H65NO7/c1-6-8-10-12-14-15-16-17-18-19-20-21-22-24-26-28-30-38(42)47-35(33-45-32-31-36(39(43)44)40(3,4)5)34-46-37(41)29-27-25-23-13-11-9-7-2/h8,10,14-15,17-18,20-21,24,26,35-36H,6-7,9,11-13,16,19,22-23,25,27-34H2,1-5H3/b10-8+,15-14+,18-17+,21-20+,26-24+. The van der Waals surface area contributed by atoms with Crippen molar-refractivity contribution < 1.29 is 38.2 Å². The highest BCUT2D eigenvalue weighted by molar-refractivity contribution is 5.70. The van der Waals surface area contributed by atoms with Gasteiger partial charge in [-0.2, -0.15) is 0 Å². The number of ether oxygens (including phenoxy) is 3. The molecule has 0 bridgehead atoms. The van der Waals surface area contributed by atoms with Crippen LogP contribution in [0.2, 0.25) is 0 Å². The van der Waals surface area contributed by atoms with E-state index in [9.17, 15) is 19.5 Å². The lowest BCUT2D eigenvalue weighted by molar-refractivity contribution is -0.889. The largest absolute Gasteiger partial charge is 0.544 e. The minimum Gasteiger partial charge on any atom is -0.544 e. The molecule has 2 atom stereocenters. The van der Waals surface area contributed by atoms with Gasteiger partial charge >= 0.3 is 11.9 Å². The molecule has 0 aromatic rings. The summed E-state index contributed by atoms with van der Waals surface area (Å²) in [5.74, 6) is -1.86. The van der Waals surface area contributed by atoms with E-state index in [0.717, 1.165) is 51.4 Å². The molecule has 0 radical (unpaired) electrons. The first kappa shape index (κ1) is 44.0. The van der Waals surface area contributed by atoms with Crippen LogP contribution in [-0.2, 0) is 28.6 Å². The topological polar surface area (TPSA) is 102 Å². The van der Waals surface area contributed by atoms with Crippen molar-refractivity contribution in [1.29, 1.82) is 0 Å². The molecule has 0 saturated heterocycles. The Labute approximate surface area is 286 Å². The third-order valence-electron chi connectivity index (χ3n) is 7.43. The smallest absolute Gasteiger partial charge is 0.306 e. The van der Waals surface area contributed by atoms with Gasteiger partial charge in [-0.05, 0) is 44.9 Å². The summed E-state index contributed by atoms with van der Waals surface area (Å²) in [6.45, 7) is 4.38. The number of hydrogen-bond donors (Lipinski definition) is 0. The highest BCUT2D eigenvalue weighted by atomic mass is 16.6. The monoisotopic (exact) mass is 659 g/mol. The first-order chi connectivity index (χ1) is 22.6. The van der Waals surface area contributed by atoms with Crippen LogP contribution in [0.5, 0.6) is 0 Å². The van der Waals surface area contributed by atoms with Crippen molar-refractivity contribution in [2.45, 2.75) is 129 Å². The van der Waals surface area contributed by atoms with Crippen molar-refractivity contribution >= 4 is 17.9 Å². The van der Waals surface area contributed by atoms with E-state index in [1.54, 1.807) is 21.1 Å². The number of carboxylic acids is 1. The van der Waals surface area contributed by atoms with Crippen LogP contribution in [0.1, 0.15) is 117 Å². The molecule has 0 aromatic heterocycles. The van der Waals surface area contributed by atoms with Crippen LogP contribution in [0.25, 0.3) is 0 Å². The minimum absolute atomic E-state index is 0.00896. The Bertz CT molecular complexity index is 959. The Morgan fingerprint density at radius 3 is 1.72 bits per heavy atom. The molecule has 0 aliphatic rings. The number of carboxylic acid groups (broad SMARTS) is 1. The van der Waals surface area contributed by atoms with Crippen LogP contribution in [0.15, 0.2) is 60.8 Å². The zero-order chi connectivity index (χ0) is 35.0. The van der Waals surface area contributed by atoms with Gasteiger partial charge in [0.05, 0.1) is 40.3 Å². The number of unbranched alkanes of at least 4 members (excludes halogenated alkanes) is 6. The third-order valence-corrected chi connectivity index (χ3v) is 7.43. The van der Waals surface area contributed by atoms with E-state index in [1.165, 1.54) is 25.7 Å². The molecule has 0 heterocycles. The summed E-state index contributed by atoms with van der Waals surface area (Å²) in [6, 6.07) is -0.737. The van der Waals surface area contributed by atoms with Gasteiger partial charge in [-0.15, -0.1) is 0 Å². The number of likely N-dealkylation sites (N-methyl/N-ethyl adjacent to an activating group) is 1. The van der Waals surface area contributed by atoms with Crippen LogP contribution >= 0.6 is 0 Å². The number of aliphatic carboxylic acids is 1. The fourth-order valence-corrected chi connectivity index (χ4v) is 4.65. The van der Waals surface area contributed by atoms with Crippen molar-refractivity contribution in [3.63, 3.8) is 0 Å².